The van der Waals surface area contributed by atoms with Crippen LogP contribution in [0.1, 0.15) is 11.1 Å². The molecule has 10 rings (SSSR count). The second-order valence-electron chi connectivity index (χ2n) is 12.8. The van der Waals surface area contributed by atoms with E-state index < -0.39 is 0 Å². The van der Waals surface area contributed by atoms with Crippen molar-refractivity contribution in [2.45, 2.75) is 6.32 Å². The maximum Gasteiger partial charge on any atom is 0.299 e. The van der Waals surface area contributed by atoms with Gasteiger partial charge in [-0.15, -0.1) is 0 Å². The molecule has 2 aliphatic heterocycles. The molecular weight excluding hydrogens is 581 g/mol. The van der Waals surface area contributed by atoms with Crippen molar-refractivity contribution >= 4 is 57.3 Å². The van der Waals surface area contributed by atoms with Crippen LogP contribution in [0, 0.1) is 0 Å². The first-order valence-electron chi connectivity index (χ1n) is 16.7. The van der Waals surface area contributed by atoms with Crippen LogP contribution >= 0.6 is 0 Å². The summed E-state index contributed by atoms with van der Waals surface area (Å²) in [5.41, 5.74) is 17.1. The maximum absolute atomic E-state index is 6.37. The number of hydrogen-bond donors (Lipinski definition) is 0. The van der Waals surface area contributed by atoms with Gasteiger partial charge in [-0.05, 0) is 75.0 Å². The molecule has 0 bridgehead atoms. The van der Waals surface area contributed by atoms with Crippen LogP contribution in [0.15, 0.2) is 168 Å². The Hall–Kier alpha value is -6.06. The van der Waals surface area contributed by atoms with Gasteiger partial charge in [-0.25, -0.2) is 0 Å². The summed E-state index contributed by atoms with van der Waals surface area (Å²) in [4.78, 5) is 2.57. The number of rotatable bonds is 3. The second-order valence-corrected chi connectivity index (χ2v) is 12.8. The molecule has 0 atom stereocenters. The van der Waals surface area contributed by atoms with Gasteiger partial charge in [0, 0.05) is 33.3 Å². The number of furan rings is 1. The average molecular weight is 612 g/mol. The monoisotopic (exact) mass is 611 g/mol. The predicted molar refractivity (Wildman–Crippen MR) is 203 cm³/mol. The van der Waals surface area contributed by atoms with Crippen LogP contribution < -0.4 is 10.3 Å². The molecule has 224 valence electrons. The molecule has 8 aromatic rings. The first-order chi connectivity index (χ1) is 23.8. The minimum atomic E-state index is 0.136. The molecule has 3 heterocycles. The van der Waals surface area contributed by atoms with Gasteiger partial charge >= 0.3 is 0 Å². The van der Waals surface area contributed by atoms with Crippen LogP contribution in [0.2, 0.25) is 6.32 Å². The molecule has 0 radical (unpaired) electrons. The standard InChI is InChI=1S/C45H30BNO/c1-2-12-33(13-3-1)47-42-22-8-6-16-37(42)40-20-11-19-39-36-15-5-4-14-34(36)32(29-46(47)44(39)40)28-30-24-26-31(27-25-30)35-18-10-21-41-38-17-7-9-23-43(38)48-45(35)41/h1-28H,29H2/b32-28-. The average Bonchev–Trinajstić information content (AvgIpc) is 3.48. The Morgan fingerprint density at radius 2 is 1.12 bits per heavy atom. The molecule has 0 saturated carbocycles. The van der Waals surface area contributed by atoms with E-state index in [-0.39, 0.29) is 6.85 Å². The Morgan fingerprint density at radius 3 is 1.98 bits per heavy atom. The fourth-order valence-electron chi connectivity index (χ4n) is 8.09. The van der Waals surface area contributed by atoms with Crippen molar-refractivity contribution in [3.8, 4) is 33.4 Å². The Balaban J connectivity index is 1.12. The fourth-order valence-corrected chi connectivity index (χ4v) is 8.09. The number of para-hydroxylation sites is 4. The topological polar surface area (TPSA) is 16.4 Å². The summed E-state index contributed by atoms with van der Waals surface area (Å²) in [6, 6.07) is 59.3. The van der Waals surface area contributed by atoms with Crippen molar-refractivity contribution in [2.24, 2.45) is 0 Å². The van der Waals surface area contributed by atoms with Crippen LogP contribution in [0.4, 0.5) is 11.4 Å². The van der Waals surface area contributed by atoms with Gasteiger partial charge < -0.3 is 9.23 Å². The molecule has 0 aliphatic carbocycles. The van der Waals surface area contributed by atoms with Crippen molar-refractivity contribution in [3.63, 3.8) is 0 Å². The van der Waals surface area contributed by atoms with Gasteiger partial charge in [0.25, 0.3) is 6.85 Å². The Kier molecular flexibility index (Phi) is 6.07. The minimum absolute atomic E-state index is 0.136. The third kappa shape index (κ3) is 4.14. The summed E-state index contributed by atoms with van der Waals surface area (Å²) in [5.74, 6) is 0. The highest BCUT2D eigenvalue weighted by Crippen LogP contribution is 2.46. The Bertz CT molecular complexity index is 2540. The maximum atomic E-state index is 6.37. The zero-order chi connectivity index (χ0) is 31.6. The molecule has 0 saturated heterocycles. The van der Waals surface area contributed by atoms with Crippen LogP contribution in [0.25, 0.3) is 67.0 Å². The first-order valence-corrected chi connectivity index (χ1v) is 16.7. The van der Waals surface area contributed by atoms with Gasteiger partial charge in [0.1, 0.15) is 11.2 Å². The Morgan fingerprint density at radius 1 is 0.500 bits per heavy atom. The van der Waals surface area contributed by atoms with Gasteiger partial charge in [0.05, 0.1) is 0 Å². The number of anilines is 2. The second kappa shape index (κ2) is 10.8. The third-order valence-electron chi connectivity index (χ3n) is 10.2. The van der Waals surface area contributed by atoms with Crippen molar-refractivity contribution in [1.82, 2.24) is 0 Å². The van der Waals surface area contributed by atoms with E-state index in [0.29, 0.717) is 0 Å². The van der Waals surface area contributed by atoms with Gasteiger partial charge in [-0.3, -0.25) is 0 Å². The normalized spacial score (nSPS) is 14.1. The van der Waals surface area contributed by atoms with Gasteiger partial charge in [-0.2, -0.15) is 0 Å². The summed E-state index contributed by atoms with van der Waals surface area (Å²) in [7, 11) is 0. The van der Waals surface area contributed by atoms with E-state index in [9.17, 15) is 0 Å². The molecular formula is C45H30BNO. The van der Waals surface area contributed by atoms with Crippen LogP contribution in [0.3, 0.4) is 0 Å². The lowest BCUT2D eigenvalue weighted by molar-refractivity contribution is 0.670. The lowest BCUT2D eigenvalue weighted by atomic mass is 9.46. The smallest absolute Gasteiger partial charge is 0.299 e. The van der Waals surface area contributed by atoms with Crippen molar-refractivity contribution in [2.75, 3.05) is 4.81 Å². The summed E-state index contributed by atoms with van der Waals surface area (Å²) in [6.07, 6.45) is 3.28. The molecule has 0 unspecified atom stereocenters. The van der Waals surface area contributed by atoms with E-state index in [2.05, 4.69) is 163 Å². The fraction of sp³-hybridized carbons (Fsp3) is 0.0222. The van der Waals surface area contributed by atoms with Crippen molar-refractivity contribution < 1.29 is 4.42 Å². The van der Waals surface area contributed by atoms with E-state index in [0.717, 1.165) is 39.4 Å². The molecule has 3 heteroatoms. The quantitative estimate of drug-likeness (QED) is 0.185. The summed E-state index contributed by atoms with van der Waals surface area (Å²) in [6.45, 7) is 0.136. The Labute approximate surface area is 280 Å². The molecule has 7 aromatic carbocycles. The zero-order valence-corrected chi connectivity index (χ0v) is 26.3. The van der Waals surface area contributed by atoms with E-state index >= 15 is 0 Å². The highest BCUT2D eigenvalue weighted by Gasteiger charge is 2.40. The predicted octanol–water partition coefficient (Wildman–Crippen LogP) is 11.5. The number of allylic oxidation sites excluding steroid dienone is 1. The SMILES string of the molecule is C(=C1\CB2c3c(cccc3-c3ccccc3N2c2ccccc2)-c2ccccc21)/c1ccc(-c2cccc3c2oc2ccccc23)cc1. The van der Waals surface area contributed by atoms with Gasteiger partial charge in [0.15, 0.2) is 0 Å². The molecule has 0 spiro atoms. The molecule has 0 N–H and O–H groups in total. The van der Waals surface area contributed by atoms with E-state index in [1.165, 1.54) is 55.8 Å². The molecule has 1 aromatic heterocycles. The number of fused-ring (bicyclic) bond motifs is 7. The van der Waals surface area contributed by atoms with Crippen molar-refractivity contribution in [3.05, 3.63) is 175 Å². The third-order valence-corrected chi connectivity index (χ3v) is 10.2. The molecule has 48 heavy (non-hydrogen) atoms. The summed E-state index contributed by atoms with van der Waals surface area (Å²) >= 11 is 0. The lowest BCUT2D eigenvalue weighted by Gasteiger charge is -2.39. The number of benzene rings is 7. The van der Waals surface area contributed by atoms with Crippen LogP contribution in [-0.2, 0) is 0 Å². The highest BCUT2D eigenvalue weighted by molar-refractivity contribution is 6.83. The first kappa shape index (κ1) is 27.1. The minimum Gasteiger partial charge on any atom is -0.455 e. The van der Waals surface area contributed by atoms with Gasteiger partial charge in [0.2, 0.25) is 0 Å². The molecule has 2 aliphatic rings. The van der Waals surface area contributed by atoms with E-state index in [1.54, 1.807) is 0 Å². The van der Waals surface area contributed by atoms with Crippen LogP contribution in [-0.4, -0.2) is 6.85 Å². The molecule has 2 nitrogen and oxygen atoms in total. The largest absolute Gasteiger partial charge is 0.455 e. The van der Waals surface area contributed by atoms with Gasteiger partial charge in [-0.1, -0.05) is 146 Å². The molecule has 0 amide bonds. The highest BCUT2D eigenvalue weighted by atomic mass is 16.3. The summed E-state index contributed by atoms with van der Waals surface area (Å²) < 4.78 is 6.37. The number of nitrogens with zero attached hydrogens (tertiary/aromatic N) is 1. The molecule has 0 fully saturated rings. The van der Waals surface area contributed by atoms with Crippen molar-refractivity contribution in [1.29, 1.82) is 0 Å². The zero-order valence-electron chi connectivity index (χ0n) is 26.3. The number of hydrogen-bond acceptors (Lipinski definition) is 2. The lowest BCUT2D eigenvalue weighted by Crippen LogP contribution is -2.49. The van der Waals surface area contributed by atoms with E-state index in [4.69, 9.17) is 4.42 Å². The van der Waals surface area contributed by atoms with E-state index in [1.807, 2.05) is 12.1 Å². The van der Waals surface area contributed by atoms with Crippen LogP contribution in [0.5, 0.6) is 0 Å². The summed E-state index contributed by atoms with van der Waals surface area (Å²) in [5, 5.41) is 2.31.